The fourth-order valence-corrected chi connectivity index (χ4v) is 3.17. The van der Waals surface area contributed by atoms with Gasteiger partial charge in [-0.1, -0.05) is 0 Å². The molecule has 0 spiro atoms. The third kappa shape index (κ3) is 1.75. The van der Waals surface area contributed by atoms with Crippen LogP contribution in [0.4, 0.5) is 0 Å². The van der Waals surface area contributed by atoms with E-state index < -0.39 is 0 Å². The summed E-state index contributed by atoms with van der Waals surface area (Å²) >= 11 is 3.52. The number of hydrogen-bond acceptors (Lipinski definition) is 3. The minimum absolute atomic E-state index is 0.354. The van der Waals surface area contributed by atoms with Crippen molar-refractivity contribution in [3.63, 3.8) is 0 Å². The maximum atomic E-state index is 3.36. The summed E-state index contributed by atoms with van der Waals surface area (Å²) in [6.07, 6.45) is 0. The van der Waals surface area contributed by atoms with Gasteiger partial charge in [-0.3, -0.25) is 0 Å². The number of thiophene rings is 2. The van der Waals surface area contributed by atoms with Crippen LogP contribution in [-0.4, -0.2) is 7.05 Å². The van der Waals surface area contributed by atoms with E-state index in [0.29, 0.717) is 6.04 Å². The molecule has 0 saturated heterocycles. The molecule has 0 fully saturated rings. The van der Waals surface area contributed by atoms with Crippen LogP contribution >= 0.6 is 22.7 Å². The summed E-state index contributed by atoms with van der Waals surface area (Å²) in [4.78, 5) is 0. The predicted octanol–water partition coefficient (Wildman–Crippen LogP) is 3.43. The van der Waals surface area contributed by atoms with Gasteiger partial charge in [-0.2, -0.15) is 22.7 Å². The average molecular weight is 223 g/mol. The zero-order chi connectivity index (χ0) is 9.97. The Morgan fingerprint density at radius 1 is 1.21 bits per heavy atom. The predicted molar refractivity (Wildman–Crippen MR) is 64.3 cm³/mol. The van der Waals surface area contributed by atoms with Crippen LogP contribution in [0, 0.1) is 6.92 Å². The lowest BCUT2D eigenvalue weighted by Gasteiger charge is -2.14. The van der Waals surface area contributed by atoms with Gasteiger partial charge >= 0.3 is 0 Å². The molecule has 2 heterocycles. The lowest BCUT2D eigenvalue weighted by molar-refractivity contribution is 0.693. The molecule has 0 aromatic carbocycles. The number of nitrogens with one attached hydrogen (secondary N) is 1. The van der Waals surface area contributed by atoms with Gasteiger partial charge in [-0.05, 0) is 58.2 Å². The van der Waals surface area contributed by atoms with Crippen molar-refractivity contribution >= 4 is 22.7 Å². The van der Waals surface area contributed by atoms with Gasteiger partial charge in [0.2, 0.25) is 0 Å². The van der Waals surface area contributed by atoms with Crippen molar-refractivity contribution in [2.75, 3.05) is 7.05 Å². The Balaban J connectivity index is 2.36. The highest BCUT2D eigenvalue weighted by atomic mass is 32.1. The van der Waals surface area contributed by atoms with Crippen molar-refractivity contribution in [3.8, 4) is 0 Å². The van der Waals surface area contributed by atoms with E-state index in [9.17, 15) is 0 Å². The van der Waals surface area contributed by atoms with Gasteiger partial charge < -0.3 is 5.32 Å². The van der Waals surface area contributed by atoms with Crippen molar-refractivity contribution in [2.45, 2.75) is 13.0 Å². The molecule has 14 heavy (non-hydrogen) atoms. The van der Waals surface area contributed by atoms with Gasteiger partial charge in [0.05, 0.1) is 6.04 Å². The topological polar surface area (TPSA) is 12.0 Å². The van der Waals surface area contributed by atoms with Crippen molar-refractivity contribution in [3.05, 3.63) is 44.3 Å². The molecule has 0 bridgehead atoms. The van der Waals surface area contributed by atoms with E-state index in [4.69, 9.17) is 0 Å². The molecule has 0 saturated carbocycles. The van der Waals surface area contributed by atoms with Gasteiger partial charge in [0.25, 0.3) is 0 Å². The smallest absolute Gasteiger partial charge is 0.0593 e. The first-order chi connectivity index (χ1) is 6.83. The zero-order valence-corrected chi connectivity index (χ0v) is 9.91. The van der Waals surface area contributed by atoms with Crippen LogP contribution in [-0.2, 0) is 0 Å². The molecule has 0 amide bonds. The number of aryl methyl sites for hydroxylation is 1. The zero-order valence-electron chi connectivity index (χ0n) is 8.28. The minimum Gasteiger partial charge on any atom is -0.309 e. The number of rotatable bonds is 3. The molecule has 0 aliphatic rings. The summed E-state index contributed by atoms with van der Waals surface area (Å²) in [7, 11) is 2.01. The van der Waals surface area contributed by atoms with E-state index in [0.717, 1.165) is 0 Å². The van der Waals surface area contributed by atoms with E-state index in [-0.39, 0.29) is 0 Å². The van der Waals surface area contributed by atoms with Crippen LogP contribution in [0.1, 0.15) is 22.7 Å². The van der Waals surface area contributed by atoms with Crippen molar-refractivity contribution in [1.29, 1.82) is 0 Å². The summed E-state index contributed by atoms with van der Waals surface area (Å²) in [5, 5.41) is 12.1. The highest BCUT2D eigenvalue weighted by Crippen LogP contribution is 2.28. The Morgan fingerprint density at radius 2 is 2.07 bits per heavy atom. The second-order valence-electron chi connectivity index (χ2n) is 3.29. The average Bonchev–Trinajstić information content (AvgIpc) is 2.80. The fourth-order valence-electron chi connectivity index (χ4n) is 1.61. The summed E-state index contributed by atoms with van der Waals surface area (Å²) < 4.78 is 0. The monoisotopic (exact) mass is 223 g/mol. The van der Waals surface area contributed by atoms with Gasteiger partial charge in [0.1, 0.15) is 0 Å². The highest BCUT2D eigenvalue weighted by molar-refractivity contribution is 7.08. The Labute approximate surface area is 92.4 Å². The lowest BCUT2D eigenvalue weighted by Crippen LogP contribution is -2.16. The number of hydrogen-bond donors (Lipinski definition) is 1. The van der Waals surface area contributed by atoms with Crippen LogP contribution in [0.5, 0.6) is 0 Å². The standard InChI is InChI=1S/C11H13NS2/c1-8-5-14-7-10(8)11(12-2)9-3-4-13-6-9/h3-7,11-12H,1-2H3. The first-order valence-corrected chi connectivity index (χ1v) is 6.43. The second kappa shape index (κ2) is 4.26. The summed E-state index contributed by atoms with van der Waals surface area (Å²) in [6, 6.07) is 2.54. The molecule has 2 rings (SSSR count). The third-order valence-electron chi connectivity index (χ3n) is 2.37. The molecule has 3 heteroatoms. The van der Waals surface area contributed by atoms with Gasteiger partial charge in [0, 0.05) is 0 Å². The summed E-state index contributed by atoms with van der Waals surface area (Å²) in [6.45, 7) is 2.17. The Morgan fingerprint density at radius 3 is 2.57 bits per heavy atom. The molecule has 1 atom stereocenters. The van der Waals surface area contributed by atoms with E-state index in [1.54, 1.807) is 22.7 Å². The Kier molecular flexibility index (Phi) is 3.01. The molecule has 0 aliphatic heterocycles. The minimum atomic E-state index is 0.354. The van der Waals surface area contributed by atoms with Crippen molar-refractivity contribution in [2.24, 2.45) is 0 Å². The molecular formula is C11H13NS2. The molecule has 1 nitrogen and oxygen atoms in total. The quantitative estimate of drug-likeness (QED) is 0.840. The van der Waals surface area contributed by atoms with Crippen LogP contribution in [0.2, 0.25) is 0 Å². The van der Waals surface area contributed by atoms with Gasteiger partial charge in [0.15, 0.2) is 0 Å². The van der Waals surface area contributed by atoms with Crippen LogP contribution in [0.15, 0.2) is 27.6 Å². The highest BCUT2D eigenvalue weighted by Gasteiger charge is 2.14. The van der Waals surface area contributed by atoms with E-state index in [1.807, 2.05) is 7.05 Å². The second-order valence-corrected chi connectivity index (χ2v) is 4.81. The molecule has 74 valence electrons. The molecule has 2 aromatic rings. The van der Waals surface area contributed by atoms with Crippen LogP contribution in [0.25, 0.3) is 0 Å². The molecule has 1 unspecified atom stereocenters. The van der Waals surface area contributed by atoms with Gasteiger partial charge in [-0.15, -0.1) is 0 Å². The fraction of sp³-hybridized carbons (Fsp3) is 0.273. The van der Waals surface area contributed by atoms with Gasteiger partial charge in [-0.25, -0.2) is 0 Å². The first kappa shape index (κ1) is 9.90. The Bertz CT molecular complexity index is 389. The third-order valence-corrected chi connectivity index (χ3v) is 3.95. The summed E-state index contributed by atoms with van der Waals surface area (Å²) in [5.74, 6) is 0. The SMILES string of the molecule is CNC(c1ccsc1)c1cscc1C. The van der Waals surface area contributed by atoms with E-state index in [1.165, 1.54) is 16.7 Å². The molecule has 1 N–H and O–H groups in total. The molecule has 2 aromatic heterocycles. The molecular weight excluding hydrogens is 210 g/mol. The van der Waals surface area contributed by atoms with E-state index in [2.05, 4.69) is 39.8 Å². The van der Waals surface area contributed by atoms with Crippen LogP contribution < -0.4 is 5.32 Å². The van der Waals surface area contributed by atoms with E-state index >= 15 is 0 Å². The molecule has 0 radical (unpaired) electrons. The Hall–Kier alpha value is -0.640. The maximum absolute atomic E-state index is 3.36. The maximum Gasteiger partial charge on any atom is 0.0593 e. The molecule has 0 aliphatic carbocycles. The largest absolute Gasteiger partial charge is 0.309 e. The van der Waals surface area contributed by atoms with Crippen molar-refractivity contribution < 1.29 is 0 Å². The lowest BCUT2D eigenvalue weighted by atomic mass is 10.0. The first-order valence-electron chi connectivity index (χ1n) is 4.55. The van der Waals surface area contributed by atoms with Crippen molar-refractivity contribution in [1.82, 2.24) is 5.32 Å². The summed E-state index contributed by atoms with van der Waals surface area (Å²) in [5.41, 5.74) is 4.13. The normalized spacial score (nSPS) is 13.0. The van der Waals surface area contributed by atoms with Crippen LogP contribution in [0.3, 0.4) is 0 Å².